The Balaban J connectivity index is 1.49. The molecule has 0 aliphatic heterocycles. The molecule has 0 bridgehead atoms. The van der Waals surface area contributed by atoms with E-state index >= 15 is 0 Å². The molecule has 140 valence electrons. The zero-order chi connectivity index (χ0) is 19.1. The van der Waals surface area contributed by atoms with Crippen molar-refractivity contribution in [2.45, 2.75) is 18.2 Å². The van der Waals surface area contributed by atoms with E-state index in [2.05, 4.69) is 10.3 Å². The number of ether oxygens (including phenoxy) is 1. The Morgan fingerprint density at radius 2 is 1.93 bits per heavy atom. The van der Waals surface area contributed by atoms with Crippen molar-refractivity contribution in [3.8, 4) is 17.0 Å². The van der Waals surface area contributed by atoms with E-state index in [9.17, 15) is 4.79 Å². The van der Waals surface area contributed by atoms with Crippen LogP contribution in [-0.2, 0) is 4.79 Å². The normalized spacial score (nSPS) is 10.6. The van der Waals surface area contributed by atoms with Crippen LogP contribution < -0.4 is 10.1 Å². The minimum Gasteiger partial charge on any atom is -0.494 e. The molecule has 1 heterocycles. The van der Waals surface area contributed by atoms with Crippen LogP contribution in [-0.4, -0.2) is 23.3 Å². The van der Waals surface area contributed by atoms with Crippen molar-refractivity contribution in [3.63, 3.8) is 0 Å². The van der Waals surface area contributed by atoms with Gasteiger partial charge in [-0.3, -0.25) is 4.79 Å². The molecule has 4 nitrogen and oxygen atoms in total. The Hall–Kier alpha value is -2.02. The number of thioether (sulfide) groups is 1. The molecule has 3 aromatic rings. The maximum atomic E-state index is 12.1. The third kappa shape index (κ3) is 5.99. The fourth-order valence-electron chi connectivity index (χ4n) is 2.33. The van der Waals surface area contributed by atoms with Gasteiger partial charge >= 0.3 is 0 Å². The number of nitrogens with one attached hydrogen (secondary N) is 1. The lowest BCUT2D eigenvalue weighted by atomic mass is 10.2. The van der Waals surface area contributed by atoms with Crippen molar-refractivity contribution in [2.75, 3.05) is 17.7 Å². The van der Waals surface area contributed by atoms with Crippen molar-refractivity contribution >= 4 is 45.7 Å². The Morgan fingerprint density at radius 3 is 2.63 bits per heavy atom. The quantitative estimate of drug-likeness (QED) is 0.457. The largest absolute Gasteiger partial charge is 0.494 e. The fourth-order valence-corrected chi connectivity index (χ4v) is 4.04. The SMILES string of the molecule is CCOc1ccc(-c2csc(NC(=O)CCSc3ccc(Cl)cc3)n2)cc1. The molecule has 27 heavy (non-hydrogen) atoms. The van der Waals surface area contributed by atoms with Gasteiger partial charge in [0.15, 0.2) is 5.13 Å². The van der Waals surface area contributed by atoms with Crippen LogP contribution in [0.15, 0.2) is 58.8 Å². The number of aromatic nitrogens is 1. The number of amides is 1. The number of carbonyl (C=O) groups is 1. The second-order valence-corrected chi connectivity index (χ2v) is 8.06. The van der Waals surface area contributed by atoms with Gasteiger partial charge in [-0.2, -0.15) is 0 Å². The van der Waals surface area contributed by atoms with E-state index in [1.165, 1.54) is 11.3 Å². The number of hydrogen-bond donors (Lipinski definition) is 1. The molecule has 1 N–H and O–H groups in total. The first kappa shape index (κ1) is 19.7. The van der Waals surface area contributed by atoms with Gasteiger partial charge in [-0.15, -0.1) is 23.1 Å². The zero-order valence-electron chi connectivity index (χ0n) is 14.8. The van der Waals surface area contributed by atoms with Gasteiger partial charge in [-0.25, -0.2) is 4.98 Å². The molecule has 1 amide bonds. The maximum Gasteiger partial charge on any atom is 0.226 e. The van der Waals surface area contributed by atoms with Crippen LogP contribution in [0.2, 0.25) is 5.02 Å². The van der Waals surface area contributed by atoms with Gasteiger partial charge in [0.2, 0.25) is 5.91 Å². The lowest BCUT2D eigenvalue weighted by molar-refractivity contribution is -0.115. The average Bonchev–Trinajstić information content (AvgIpc) is 3.13. The summed E-state index contributed by atoms with van der Waals surface area (Å²) in [4.78, 5) is 17.7. The maximum absolute atomic E-state index is 12.1. The van der Waals surface area contributed by atoms with Crippen LogP contribution in [0.4, 0.5) is 5.13 Å². The summed E-state index contributed by atoms with van der Waals surface area (Å²) < 4.78 is 5.45. The van der Waals surface area contributed by atoms with Gasteiger partial charge in [0.25, 0.3) is 0 Å². The first-order valence-electron chi connectivity index (χ1n) is 8.51. The monoisotopic (exact) mass is 418 g/mol. The molecule has 0 saturated carbocycles. The minimum absolute atomic E-state index is 0.0379. The van der Waals surface area contributed by atoms with Gasteiger partial charge < -0.3 is 10.1 Å². The fraction of sp³-hybridized carbons (Fsp3) is 0.200. The smallest absolute Gasteiger partial charge is 0.226 e. The summed E-state index contributed by atoms with van der Waals surface area (Å²) in [6.45, 7) is 2.60. The number of halogens is 1. The van der Waals surface area contributed by atoms with Crippen molar-refractivity contribution in [1.29, 1.82) is 0 Å². The molecule has 7 heteroatoms. The van der Waals surface area contributed by atoms with Crippen LogP contribution in [0.25, 0.3) is 11.3 Å². The van der Waals surface area contributed by atoms with Crippen LogP contribution in [0, 0.1) is 0 Å². The predicted octanol–water partition coefficient (Wildman–Crippen LogP) is 5.98. The molecule has 0 saturated heterocycles. The Kier molecular flexibility index (Phi) is 7.15. The van der Waals surface area contributed by atoms with Crippen LogP contribution in [0.5, 0.6) is 5.75 Å². The number of anilines is 1. The number of rotatable bonds is 8. The number of nitrogens with zero attached hydrogens (tertiary/aromatic N) is 1. The lowest BCUT2D eigenvalue weighted by Crippen LogP contribution is -2.11. The number of thiazole rings is 1. The lowest BCUT2D eigenvalue weighted by Gasteiger charge is -2.04. The van der Waals surface area contributed by atoms with Crippen molar-refractivity contribution < 1.29 is 9.53 Å². The van der Waals surface area contributed by atoms with E-state index in [1.54, 1.807) is 11.8 Å². The summed E-state index contributed by atoms with van der Waals surface area (Å²) in [5, 5.41) is 6.13. The number of hydrogen-bond acceptors (Lipinski definition) is 5. The summed E-state index contributed by atoms with van der Waals surface area (Å²) in [6.07, 6.45) is 0.422. The summed E-state index contributed by atoms with van der Waals surface area (Å²) in [6, 6.07) is 15.4. The molecule has 0 unspecified atom stereocenters. The third-order valence-electron chi connectivity index (χ3n) is 3.62. The highest BCUT2D eigenvalue weighted by Crippen LogP contribution is 2.27. The molecular weight excluding hydrogens is 400 g/mol. The summed E-state index contributed by atoms with van der Waals surface area (Å²) >= 11 is 8.92. The standard InChI is InChI=1S/C20H19ClN2O2S2/c1-2-25-16-7-3-14(4-8-16)18-13-27-20(22-18)23-19(24)11-12-26-17-9-5-15(21)6-10-17/h3-10,13H,2,11-12H2,1H3,(H,22,23,24). The topological polar surface area (TPSA) is 51.2 Å². The summed E-state index contributed by atoms with van der Waals surface area (Å²) in [5.74, 6) is 1.50. The van der Waals surface area contributed by atoms with E-state index < -0.39 is 0 Å². The Morgan fingerprint density at radius 1 is 1.19 bits per heavy atom. The molecule has 0 fully saturated rings. The van der Waals surface area contributed by atoms with E-state index in [0.29, 0.717) is 28.9 Å². The van der Waals surface area contributed by atoms with Crippen molar-refractivity contribution in [3.05, 3.63) is 58.9 Å². The molecule has 0 atom stereocenters. The van der Waals surface area contributed by atoms with E-state index in [0.717, 1.165) is 21.9 Å². The highest BCUT2D eigenvalue weighted by atomic mass is 35.5. The molecule has 1 aromatic heterocycles. The van der Waals surface area contributed by atoms with E-state index in [-0.39, 0.29) is 5.91 Å². The van der Waals surface area contributed by atoms with Crippen LogP contribution in [0.1, 0.15) is 13.3 Å². The van der Waals surface area contributed by atoms with Crippen LogP contribution >= 0.6 is 34.7 Å². The van der Waals surface area contributed by atoms with Gasteiger partial charge in [0, 0.05) is 33.0 Å². The van der Waals surface area contributed by atoms with Gasteiger partial charge in [-0.05, 0) is 55.5 Å². The van der Waals surface area contributed by atoms with Crippen LogP contribution in [0.3, 0.4) is 0 Å². The molecule has 0 radical (unpaired) electrons. The van der Waals surface area contributed by atoms with E-state index in [1.807, 2.05) is 60.8 Å². The van der Waals surface area contributed by atoms with Crippen molar-refractivity contribution in [1.82, 2.24) is 4.98 Å². The second kappa shape index (κ2) is 9.78. The number of carbonyl (C=O) groups excluding carboxylic acids is 1. The van der Waals surface area contributed by atoms with Gasteiger partial charge in [-0.1, -0.05) is 11.6 Å². The average molecular weight is 419 g/mol. The number of benzene rings is 2. The molecular formula is C20H19ClN2O2S2. The molecule has 2 aromatic carbocycles. The molecule has 0 spiro atoms. The molecule has 0 aliphatic carbocycles. The third-order valence-corrected chi connectivity index (χ3v) is 5.65. The molecule has 0 aliphatic rings. The second-order valence-electron chi connectivity index (χ2n) is 5.60. The summed E-state index contributed by atoms with van der Waals surface area (Å²) in [5.41, 5.74) is 1.84. The van der Waals surface area contributed by atoms with Crippen molar-refractivity contribution in [2.24, 2.45) is 0 Å². The highest BCUT2D eigenvalue weighted by molar-refractivity contribution is 7.99. The minimum atomic E-state index is -0.0379. The Labute approximate surface area is 171 Å². The first-order chi connectivity index (χ1) is 13.1. The van der Waals surface area contributed by atoms with Gasteiger partial charge in [0.05, 0.1) is 12.3 Å². The zero-order valence-corrected chi connectivity index (χ0v) is 17.2. The predicted molar refractivity (Wildman–Crippen MR) is 114 cm³/mol. The summed E-state index contributed by atoms with van der Waals surface area (Å²) in [7, 11) is 0. The molecule has 3 rings (SSSR count). The Bertz CT molecular complexity index is 880. The van der Waals surface area contributed by atoms with Gasteiger partial charge in [0.1, 0.15) is 5.75 Å². The first-order valence-corrected chi connectivity index (χ1v) is 10.8. The highest BCUT2D eigenvalue weighted by Gasteiger charge is 2.09. The van der Waals surface area contributed by atoms with E-state index in [4.69, 9.17) is 16.3 Å².